The fourth-order valence-electron chi connectivity index (χ4n) is 4.79. The molecule has 5 rings (SSSR count). The normalized spacial score (nSPS) is 19.5. The maximum Gasteiger partial charge on any atom is 0.321 e. The molecule has 1 atom stereocenters. The number of ether oxygens (including phenoxy) is 2. The van der Waals surface area contributed by atoms with Gasteiger partial charge >= 0.3 is 6.01 Å². The lowest BCUT2D eigenvalue weighted by molar-refractivity contribution is 0.0496. The standard InChI is InChI=1S/C26H26ClN3O3/c27-23-8-2-1-5-19(23)15-22-17-26(18-32-22)9-13-30(14-10-26)24(31)20-6-3-7-21(16-20)33-25-28-11-4-12-29-25/h1-8,11-12,16,22H,9-10,13-15,17-18H2/t22-/m0/s1. The van der Waals surface area contributed by atoms with Crippen molar-refractivity contribution in [2.24, 2.45) is 5.41 Å². The highest BCUT2D eigenvalue weighted by Crippen LogP contribution is 2.43. The Labute approximate surface area is 198 Å². The molecular formula is C26H26ClN3O3. The molecule has 0 saturated carbocycles. The Morgan fingerprint density at radius 2 is 1.88 bits per heavy atom. The van der Waals surface area contributed by atoms with E-state index in [1.54, 1.807) is 30.6 Å². The van der Waals surface area contributed by atoms with Crippen molar-refractivity contribution in [3.8, 4) is 11.8 Å². The minimum absolute atomic E-state index is 0.0239. The zero-order valence-electron chi connectivity index (χ0n) is 18.3. The summed E-state index contributed by atoms with van der Waals surface area (Å²) in [5.74, 6) is 0.572. The fourth-order valence-corrected chi connectivity index (χ4v) is 5.00. The first-order valence-corrected chi connectivity index (χ1v) is 11.7. The molecule has 0 bridgehead atoms. The Morgan fingerprint density at radius 1 is 1.09 bits per heavy atom. The monoisotopic (exact) mass is 463 g/mol. The molecule has 170 valence electrons. The second-order valence-corrected chi connectivity index (χ2v) is 9.29. The lowest BCUT2D eigenvalue weighted by atomic mass is 9.76. The highest BCUT2D eigenvalue weighted by atomic mass is 35.5. The molecule has 1 spiro atoms. The van der Waals surface area contributed by atoms with E-state index in [4.69, 9.17) is 21.1 Å². The van der Waals surface area contributed by atoms with Gasteiger partial charge in [-0.15, -0.1) is 0 Å². The number of nitrogens with zero attached hydrogens (tertiary/aromatic N) is 3. The van der Waals surface area contributed by atoms with E-state index in [2.05, 4.69) is 16.0 Å². The molecule has 6 nitrogen and oxygen atoms in total. The van der Waals surface area contributed by atoms with Gasteiger partial charge in [0.15, 0.2) is 0 Å². The van der Waals surface area contributed by atoms with Crippen LogP contribution in [0.3, 0.4) is 0 Å². The number of piperidine rings is 1. The zero-order valence-corrected chi connectivity index (χ0v) is 19.1. The highest BCUT2D eigenvalue weighted by Gasteiger charge is 2.43. The molecule has 3 heterocycles. The highest BCUT2D eigenvalue weighted by molar-refractivity contribution is 6.31. The van der Waals surface area contributed by atoms with Gasteiger partial charge in [0.1, 0.15) is 5.75 Å². The van der Waals surface area contributed by atoms with Crippen molar-refractivity contribution >= 4 is 17.5 Å². The van der Waals surface area contributed by atoms with E-state index >= 15 is 0 Å². The predicted molar refractivity (Wildman–Crippen MR) is 126 cm³/mol. The summed E-state index contributed by atoms with van der Waals surface area (Å²) in [7, 11) is 0. The predicted octanol–water partition coefficient (Wildman–Crippen LogP) is 5.18. The summed E-state index contributed by atoms with van der Waals surface area (Å²) in [4.78, 5) is 23.2. The van der Waals surface area contributed by atoms with Gasteiger partial charge in [0.2, 0.25) is 0 Å². The number of hydrogen-bond acceptors (Lipinski definition) is 5. The quantitative estimate of drug-likeness (QED) is 0.522. The number of aromatic nitrogens is 2. The van der Waals surface area contributed by atoms with Crippen LogP contribution in [0.4, 0.5) is 0 Å². The number of benzene rings is 2. The first-order chi connectivity index (χ1) is 16.1. The molecular weight excluding hydrogens is 438 g/mol. The van der Waals surface area contributed by atoms with Gasteiger partial charge < -0.3 is 14.4 Å². The Morgan fingerprint density at radius 3 is 2.67 bits per heavy atom. The second-order valence-electron chi connectivity index (χ2n) is 8.89. The number of hydrogen-bond donors (Lipinski definition) is 0. The topological polar surface area (TPSA) is 64.5 Å². The number of halogens is 1. The largest absolute Gasteiger partial charge is 0.424 e. The van der Waals surface area contributed by atoms with Crippen molar-refractivity contribution in [1.82, 2.24) is 14.9 Å². The number of rotatable bonds is 5. The van der Waals surface area contributed by atoms with Gasteiger partial charge in [-0.2, -0.15) is 0 Å². The third-order valence-electron chi connectivity index (χ3n) is 6.63. The van der Waals surface area contributed by atoms with Crippen LogP contribution in [0.25, 0.3) is 0 Å². The third-order valence-corrected chi connectivity index (χ3v) is 7.00. The number of amides is 1. The molecule has 0 aliphatic carbocycles. The van der Waals surface area contributed by atoms with Crippen molar-refractivity contribution in [2.45, 2.75) is 31.8 Å². The van der Waals surface area contributed by atoms with Gasteiger partial charge in [0.25, 0.3) is 5.91 Å². The molecule has 2 saturated heterocycles. The average molecular weight is 464 g/mol. The number of carbonyl (C=O) groups is 1. The SMILES string of the molecule is O=C(c1cccc(Oc2ncccn2)c1)N1CCC2(CC1)CO[C@@H](Cc1ccccc1Cl)C2. The molecule has 0 radical (unpaired) electrons. The average Bonchev–Trinajstić information content (AvgIpc) is 3.23. The van der Waals surface area contributed by atoms with E-state index in [-0.39, 0.29) is 23.4 Å². The van der Waals surface area contributed by atoms with E-state index < -0.39 is 0 Å². The fraction of sp³-hybridized carbons (Fsp3) is 0.346. The van der Waals surface area contributed by atoms with Crippen molar-refractivity contribution in [3.05, 3.63) is 83.1 Å². The van der Waals surface area contributed by atoms with Crippen LogP contribution in [-0.2, 0) is 11.2 Å². The third kappa shape index (κ3) is 5.02. The number of carbonyl (C=O) groups excluding carboxylic acids is 1. The van der Waals surface area contributed by atoms with Crippen LogP contribution >= 0.6 is 11.6 Å². The first kappa shape index (κ1) is 21.9. The van der Waals surface area contributed by atoms with Gasteiger partial charge in [0.05, 0.1) is 12.7 Å². The van der Waals surface area contributed by atoms with Crippen LogP contribution in [-0.4, -0.2) is 46.6 Å². The molecule has 0 unspecified atom stereocenters. The molecule has 1 aromatic heterocycles. The van der Waals surface area contributed by atoms with E-state index in [0.717, 1.165) is 56.0 Å². The molecule has 2 aliphatic heterocycles. The van der Waals surface area contributed by atoms with Gasteiger partial charge in [-0.3, -0.25) is 4.79 Å². The van der Waals surface area contributed by atoms with Crippen LogP contribution in [0.1, 0.15) is 35.2 Å². The van der Waals surface area contributed by atoms with Gasteiger partial charge in [-0.05, 0) is 60.6 Å². The number of likely N-dealkylation sites (tertiary alicyclic amines) is 1. The molecule has 3 aromatic rings. The summed E-state index contributed by atoms with van der Waals surface area (Å²) in [5.41, 5.74) is 1.90. The lowest BCUT2D eigenvalue weighted by Gasteiger charge is -2.38. The Bertz CT molecular complexity index is 1120. The molecule has 2 aliphatic rings. The molecule has 2 aromatic carbocycles. The molecule has 7 heteroatoms. The van der Waals surface area contributed by atoms with Crippen molar-refractivity contribution in [1.29, 1.82) is 0 Å². The van der Waals surface area contributed by atoms with Gasteiger partial charge in [0, 0.05) is 42.5 Å². The van der Waals surface area contributed by atoms with Crippen LogP contribution in [0, 0.1) is 5.41 Å². The molecule has 33 heavy (non-hydrogen) atoms. The molecule has 2 fully saturated rings. The van der Waals surface area contributed by atoms with E-state index in [0.29, 0.717) is 11.3 Å². The second kappa shape index (κ2) is 9.49. The van der Waals surface area contributed by atoms with Gasteiger partial charge in [-0.25, -0.2) is 9.97 Å². The van der Waals surface area contributed by atoms with E-state index in [9.17, 15) is 4.79 Å². The smallest absolute Gasteiger partial charge is 0.321 e. The van der Waals surface area contributed by atoms with Crippen LogP contribution in [0.2, 0.25) is 5.02 Å². The molecule has 0 N–H and O–H groups in total. The minimum Gasteiger partial charge on any atom is -0.424 e. The van der Waals surface area contributed by atoms with E-state index in [1.165, 1.54) is 0 Å². The van der Waals surface area contributed by atoms with Crippen molar-refractivity contribution in [2.75, 3.05) is 19.7 Å². The van der Waals surface area contributed by atoms with Crippen LogP contribution in [0.5, 0.6) is 11.8 Å². The Balaban J connectivity index is 1.18. The summed E-state index contributed by atoms with van der Waals surface area (Å²) in [6.07, 6.45) is 7.17. The maximum absolute atomic E-state index is 13.1. The zero-order chi connectivity index (χ0) is 22.7. The summed E-state index contributed by atoms with van der Waals surface area (Å²) < 4.78 is 11.9. The minimum atomic E-state index is 0.0239. The van der Waals surface area contributed by atoms with Crippen molar-refractivity contribution < 1.29 is 14.3 Å². The Hall–Kier alpha value is -2.96. The lowest BCUT2D eigenvalue weighted by Crippen LogP contribution is -2.43. The summed E-state index contributed by atoms with van der Waals surface area (Å²) >= 11 is 6.33. The van der Waals surface area contributed by atoms with Crippen LogP contribution < -0.4 is 4.74 Å². The van der Waals surface area contributed by atoms with E-state index in [1.807, 2.05) is 35.2 Å². The summed E-state index contributed by atoms with van der Waals surface area (Å²) in [6.45, 7) is 2.21. The Kier molecular flexibility index (Phi) is 6.29. The summed E-state index contributed by atoms with van der Waals surface area (Å²) in [6, 6.07) is 17.1. The maximum atomic E-state index is 13.1. The summed E-state index contributed by atoms with van der Waals surface area (Å²) in [5, 5.41) is 0.799. The van der Waals surface area contributed by atoms with Crippen LogP contribution in [0.15, 0.2) is 67.0 Å². The van der Waals surface area contributed by atoms with Crippen molar-refractivity contribution in [3.63, 3.8) is 0 Å². The first-order valence-electron chi connectivity index (χ1n) is 11.3. The van der Waals surface area contributed by atoms with Gasteiger partial charge in [-0.1, -0.05) is 35.9 Å². The molecule has 1 amide bonds.